The normalized spacial score (nSPS) is 11.8. The smallest absolute Gasteiger partial charge is 0.303 e. The van der Waals surface area contributed by atoms with Gasteiger partial charge in [0.25, 0.3) is 5.91 Å². The van der Waals surface area contributed by atoms with Gasteiger partial charge in [0.15, 0.2) is 0 Å². The number of hydrogen-bond acceptors (Lipinski definition) is 3. The molecule has 1 rings (SSSR count). The van der Waals surface area contributed by atoms with Gasteiger partial charge in [-0.2, -0.15) is 0 Å². The van der Waals surface area contributed by atoms with Crippen molar-refractivity contribution in [1.29, 1.82) is 0 Å². The highest BCUT2D eigenvalue weighted by Gasteiger charge is 2.24. The van der Waals surface area contributed by atoms with Gasteiger partial charge in [-0.05, 0) is 43.0 Å². The van der Waals surface area contributed by atoms with Gasteiger partial charge in [0.1, 0.15) is 11.9 Å². The SMILES string of the molecule is CC(C)C(NC(=O)c1ccc(F)cc1)C(=O)NCCCCC(=O)O. The molecule has 6 nitrogen and oxygen atoms in total. The summed E-state index contributed by atoms with van der Waals surface area (Å²) in [5.74, 6) is -2.21. The van der Waals surface area contributed by atoms with Crippen LogP contribution in [0.5, 0.6) is 0 Å². The third-order valence-electron chi connectivity index (χ3n) is 3.46. The minimum Gasteiger partial charge on any atom is -0.481 e. The van der Waals surface area contributed by atoms with Crippen molar-refractivity contribution in [3.63, 3.8) is 0 Å². The van der Waals surface area contributed by atoms with E-state index in [1.165, 1.54) is 24.3 Å². The number of carbonyl (C=O) groups excluding carboxylic acids is 2. The van der Waals surface area contributed by atoms with E-state index in [0.717, 1.165) is 0 Å². The van der Waals surface area contributed by atoms with E-state index < -0.39 is 23.7 Å². The summed E-state index contributed by atoms with van der Waals surface area (Å²) in [6, 6.07) is 4.35. The van der Waals surface area contributed by atoms with Gasteiger partial charge in [0.05, 0.1) is 0 Å². The average molecular weight is 338 g/mol. The van der Waals surface area contributed by atoms with Crippen LogP contribution in [0, 0.1) is 11.7 Å². The molecule has 0 bridgehead atoms. The Morgan fingerprint density at radius 2 is 1.75 bits per heavy atom. The van der Waals surface area contributed by atoms with Crippen LogP contribution >= 0.6 is 0 Å². The number of amides is 2. The summed E-state index contributed by atoms with van der Waals surface area (Å²) < 4.78 is 12.9. The summed E-state index contributed by atoms with van der Waals surface area (Å²) in [6.45, 7) is 3.96. The first kappa shape index (κ1) is 19.6. The molecule has 0 heterocycles. The molecule has 0 spiro atoms. The first-order valence-electron chi connectivity index (χ1n) is 7.87. The summed E-state index contributed by atoms with van der Waals surface area (Å²) in [5, 5.41) is 13.9. The molecule has 1 aromatic rings. The summed E-state index contributed by atoms with van der Waals surface area (Å²) in [5.41, 5.74) is 0.274. The molecular formula is C17H23FN2O4. The van der Waals surface area contributed by atoms with E-state index in [9.17, 15) is 18.8 Å². The van der Waals surface area contributed by atoms with Crippen molar-refractivity contribution >= 4 is 17.8 Å². The Morgan fingerprint density at radius 3 is 2.29 bits per heavy atom. The number of benzene rings is 1. The molecule has 3 N–H and O–H groups in total. The fourth-order valence-electron chi connectivity index (χ4n) is 2.08. The Bertz CT molecular complexity index is 572. The number of rotatable bonds is 9. The monoisotopic (exact) mass is 338 g/mol. The van der Waals surface area contributed by atoms with Crippen molar-refractivity contribution < 1.29 is 23.9 Å². The molecule has 0 aliphatic carbocycles. The van der Waals surface area contributed by atoms with Crippen LogP contribution in [0.15, 0.2) is 24.3 Å². The molecule has 132 valence electrons. The molecule has 1 atom stereocenters. The van der Waals surface area contributed by atoms with Crippen molar-refractivity contribution in [3.8, 4) is 0 Å². The third-order valence-corrected chi connectivity index (χ3v) is 3.46. The predicted molar refractivity (Wildman–Crippen MR) is 87.0 cm³/mol. The van der Waals surface area contributed by atoms with Gasteiger partial charge in [0.2, 0.25) is 5.91 Å². The Hall–Kier alpha value is -2.44. The van der Waals surface area contributed by atoms with E-state index in [2.05, 4.69) is 10.6 Å². The van der Waals surface area contributed by atoms with E-state index in [0.29, 0.717) is 19.4 Å². The van der Waals surface area contributed by atoms with Crippen LogP contribution in [-0.2, 0) is 9.59 Å². The van der Waals surface area contributed by atoms with Gasteiger partial charge in [-0.3, -0.25) is 14.4 Å². The minimum atomic E-state index is -0.868. The second-order valence-corrected chi connectivity index (χ2v) is 5.84. The summed E-state index contributed by atoms with van der Waals surface area (Å²) in [4.78, 5) is 34.8. The van der Waals surface area contributed by atoms with E-state index >= 15 is 0 Å². The number of unbranched alkanes of at least 4 members (excludes halogenated alkanes) is 1. The lowest BCUT2D eigenvalue weighted by Gasteiger charge is -2.21. The van der Waals surface area contributed by atoms with Crippen molar-refractivity contribution in [2.24, 2.45) is 5.92 Å². The maximum atomic E-state index is 12.9. The molecule has 24 heavy (non-hydrogen) atoms. The topological polar surface area (TPSA) is 95.5 Å². The highest BCUT2D eigenvalue weighted by Crippen LogP contribution is 2.07. The van der Waals surface area contributed by atoms with Gasteiger partial charge in [-0.25, -0.2) is 4.39 Å². The van der Waals surface area contributed by atoms with Crippen molar-refractivity contribution in [1.82, 2.24) is 10.6 Å². The second-order valence-electron chi connectivity index (χ2n) is 5.84. The highest BCUT2D eigenvalue weighted by atomic mass is 19.1. The molecule has 1 unspecified atom stereocenters. The van der Waals surface area contributed by atoms with Crippen LogP contribution in [0.3, 0.4) is 0 Å². The molecule has 0 fully saturated rings. The van der Waals surface area contributed by atoms with Crippen LogP contribution in [0.25, 0.3) is 0 Å². The number of carbonyl (C=O) groups is 3. The molecule has 7 heteroatoms. The Labute approximate surface area is 140 Å². The molecule has 1 aromatic carbocycles. The molecule has 0 saturated heterocycles. The van der Waals surface area contributed by atoms with E-state index in [-0.39, 0.29) is 23.8 Å². The largest absolute Gasteiger partial charge is 0.481 e. The average Bonchev–Trinajstić information content (AvgIpc) is 2.51. The quantitative estimate of drug-likeness (QED) is 0.600. The van der Waals surface area contributed by atoms with Crippen LogP contribution in [0.1, 0.15) is 43.5 Å². The Morgan fingerprint density at radius 1 is 1.12 bits per heavy atom. The van der Waals surface area contributed by atoms with Crippen LogP contribution in [0.2, 0.25) is 0 Å². The van der Waals surface area contributed by atoms with E-state index in [1.807, 2.05) is 0 Å². The number of carboxylic acids is 1. The molecule has 2 amide bonds. The maximum absolute atomic E-state index is 12.9. The zero-order valence-corrected chi connectivity index (χ0v) is 13.8. The summed E-state index contributed by atoms with van der Waals surface area (Å²) >= 11 is 0. The van der Waals surface area contributed by atoms with Crippen LogP contribution in [0.4, 0.5) is 4.39 Å². The zero-order valence-electron chi connectivity index (χ0n) is 13.8. The van der Waals surface area contributed by atoms with Crippen molar-refractivity contribution in [2.45, 2.75) is 39.2 Å². The summed E-state index contributed by atoms with van der Waals surface area (Å²) in [7, 11) is 0. The Kier molecular flexibility index (Phi) is 7.88. The van der Waals surface area contributed by atoms with Gasteiger partial charge >= 0.3 is 5.97 Å². The van der Waals surface area contributed by atoms with E-state index in [4.69, 9.17) is 5.11 Å². The van der Waals surface area contributed by atoms with Gasteiger partial charge < -0.3 is 15.7 Å². The number of aliphatic carboxylic acids is 1. The lowest BCUT2D eigenvalue weighted by Crippen LogP contribution is -2.49. The molecular weight excluding hydrogens is 315 g/mol. The lowest BCUT2D eigenvalue weighted by molar-refractivity contribution is -0.137. The predicted octanol–water partition coefficient (Wildman–Crippen LogP) is 1.95. The van der Waals surface area contributed by atoms with Gasteiger partial charge in [-0.1, -0.05) is 13.8 Å². The van der Waals surface area contributed by atoms with Gasteiger partial charge in [-0.15, -0.1) is 0 Å². The number of halogens is 1. The third kappa shape index (κ3) is 6.76. The molecule has 0 aliphatic heterocycles. The van der Waals surface area contributed by atoms with Crippen molar-refractivity contribution in [2.75, 3.05) is 6.54 Å². The molecule has 0 aliphatic rings. The van der Waals surface area contributed by atoms with Crippen LogP contribution in [-0.4, -0.2) is 35.5 Å². The number of hydrogen-bond donors (Lipinski definition) is 3. The molecule has 0 saturated carbocycles. The zero-order chi connectivity index (χ0) is 18.1. The lowest BCUT2D eigenvalue weighted by atomic mass is 10.0. The number of nitrogens with one attached hydrogen (secondary N) is 2. The van der Waals surface area contributed by atoms with Crippen molar-refractivity contribution in [3.05, 3.63) is 35.6 Å². The summed E-state index contributed by atoms with van der Waals surface area (Å²) in [6.07, 6.45) is 1.09. The van der Waals surface area contributed by atoms with Gasteiger partial charge in [0, 0.05) is 18.5 Å². The first-order valence-corrected chi connectivity index (χ1v) is 7.87. The minimum absolute atomic E-state index is 0.0603. The fourth-order valence-corrected chi connectivity index (χ4v) is 2.08. The highest BCUT2D eigenvalue weighted by molar-refractivity contribution is 5.97. The fraction of sp³-hybridized carbons (Fsp3) is 0.471. The Balaban J connectivity index is 2.53. The maximum Gasteiger partial charge on any atom is 0.303 e. The molecule has 0 radical (unpaired) electrons. The molecule has 0 aromatic heterocycles. The first-order chi connectivity index (χ1) is 11.3. The second kappa shape index (κ2) is 9.64. The standard InChI is InChI=1S/C17H23FN2O4/c1-11(2)15(17(24)19-10-4-3-5-14(21)22)20-16(23)12-6-8-13(18)9-7-12/h6-9,11,15H,3-5,10H2,1-2H3,(H,19,24)(H,20,23)(H,21,22). The van der Waals surface area contributed by atoms with E-state index in [1.54, 1.807) is 13.8 Å². The van der Waals surface area contributed by atoms with Crippen LogP contribution < -0.4 is 10.6 Å². The number of carboxylic acid groups (broad SMARTS) is 1.